The standard InChI is InChI=1S/C16H18N2O3/c1-10-9-14(15(16(20)21)11(2)18-10)17-8-7-12-3-5-13(19)6-4-12/h3-6,9,19H,7-8H2,1-2H3,(H,17,18)(H,20,21). The average Bonchev–Trinajstić information content (AvgIpc) is 2.39. The summed E-state index contributed by atoms with van der Waals surface area (Å²) in [5.74, 6) is -0.743. The largest absolute Gasteiger partial charge is 0.508 e. The summed E-state index contributed by atoms with van der Waals surface area (Å²) in [4.78, 5) is 15.5. The van der Waals surface area contributed by atoms with E-state index in [0.717, 1.165) is 17.7 Å². The first-order valence-electron chi connectivity index (χ1n) is 6.70. The zero-order valence-electron chi connectivity index (χ0n) is 12.1. The van der Waals surface area contributed by atoms with Crippen molar-refractivity contribution < 1.29 is 15.0 Å². The first-order chi connectivity index (χ1) is 9.97. The van der Waals surface area contributed by atoms with Gasteiger partial charge < -0.3 is 15.5 Å². The predicted molar refractivity (Wildman–Crippen MR) is 81.0 cm³/mol. The molecule has 110 valence electrons. The summed E-state index contributed by atoms with van der Waals surface area (Å²) >= 11 is 0. The van der Waals surface area contributed by atoms with Gasteiger partial charge in [0.2, 0.25) is 0 Å². The van der Waals surface area contributed by atoms with E-state index in [2.05, 4.69) is 10.3 Å². The molecule has 1 aromatic heterocycles. The number of benzene rings is 1. The molecule has 0 saturated carbocycles. The van der Waals surface area contributed by atoms with Gasteiger partial charge in [0.15, 0.2) is 0 Å². The van der Waals surface area contributed by atoms with E-state index >= 15 is 0 Å². The Morgan fingerprint density at radius 2 is 1.90 bits per heavy atom. The van der Waals surface area contributed by atoms with Gasteiger partial charge in [-0.2, -0.15) is 0 Å². The number of carboxylic acids is 1. The highest BCUT2D eigenvalue weighted by Gasteiger charge is 2.14. The number of hydrogen-bond donors (Lipinski definition) is 3. The van der Waals surface area contributed by atoms with Crippen LogP contribution < -0.4 is 5.32 Å². The number of anilines is 1. The van der Waals surface area contributed by atoms with Crippen LogP contribution in [-0.4, -0.2) is 27.7 Å². The van der Waals surface area contributed by atoms with Gasteiger partial charge in [0.05, 0.1) is 11.4 Å². The van der Waals surface area contributed by atoms with E-state index in [9.17, 15) is 15.0 Å². The summed E-state index contributed by atoms with van der Waals surface area (Å²) in [6.07, 6.45) is 0.736. The van der Waals surface area contributed by atoms with Crippen LogP contribution >= 0.6 is 0 Å². The first kappa shape index (κ1) is 14.8. The molecule has 0 aliphatic rings. The number of carboxylic acid groups (broad SMARTS) is 1. The summed E-state index contributed by atoms with van der Waals surface area (Å²) < 4.78 is 0. The van der Waals surface area contributed by atoms with E-state index in [1.54, 1.807) is 25.1 Å². The van der Waals surface area contributed by atoms with Crippen molar-refractivity contribution in [3.8, 4) is 5.75 Å². The molecule has 2 rings (SSSR count). The third kappa shape index (κ3) is 3.72. The smallest absolute Gasteiger partial charge is 0.339 e. The van der Waals surface area contributed by atoms with E-state index in [4.69, 9.17) is 0 Å². The second-order valence-corrected chi connectivity index (χ2v) is 4.92. The van der Waals surface area contributed by atoms with E-state index < -0.39 is 5.97 Å². The number of phenolic OH excluding ortho intramolecular Hbond substituents is 1. The predicted octanol–water partition coefficient (Wildman–Crippen LogP) is 2.76. The van der Waals surface area contributed by atoms with E-state index in [1.165, 1.54) is 0 Å². The van der Waals surface area contributed by atoms with Crippen LogP contribution in [0.15, 0.2) is 30.3 Å². The number of phenols is 1. The van der Waals surface area contributed by atoms with Crippen LogP contribution in [0.4, 0.5) is 5.69 Å². The summed E-state index contributed by atoms with van der Waals surface area (Å²) in [6.45, 7) is 4.14. The van der Waals surface area contributed by atoms with Crippen LogP contribution in [0.1, 0.15) is 27.3 Å². The fourth-order valence-corrected chi connectivity index (χ4v) is 2.24. The van der Waals surface area contributed by atoms with Crippen LogP contribution in [0.25, 0.3) is 0 Å². The van der Waals surface area contributed by atoms with E-state index in [1.807, 2.05) is 19.1 Å². The minimum absolute atomic E-state index is 0.214. The summed E-state index contributed by atoms with van der Waals surface area (Å²) in [5, 5.41) is 21.7. The van der Waals surface area contributed by atoms with Crippen molar-refractivity contribution in [1.29, 1.82) is 0 Å². The van der Waals surface area contributed by atoms with Crippen LogP contribution in [0.5, 0.6) is 5.75 Å². The van der Waals surface area contributed by atoms with Crippen molar-refractivity contribution in [3.05, 3.63) is 52.8 Å². The monoisotopic (exact) mass is 286 g/mol. The molecule has 2 aromatic rings. The topological polar surface area (TPSA) is 82.5 Å². The van der Waals surface area contributed by atoms with Crippen LogP contribution in [-0.2, 0) is 6.42 Å². The Morgan fingerprint density at radius 3 is 2.52 bits per heavy atom. The number of pyridine rings is 1. The second-order valence-electron chi connectivity index (χ2n) is 4.92. The number of aromatic carboxylic acids is 1. The highest BCUT2D eigenvalue weighted by molar-refractivity contribution is 5.95. The normalized spacial score (nSPS) is 10.4. The molecule has 0 saturated heterocycles. The van der Waals surface area contributed by atoms with Crippen molar-refractivity contribution in [1.82, 2.24) is 4.98 Å². The van der Waals surface area contributed by atoms with Crippen LogP contribution in [0.2, 0.25) is 0 Å². The molecule has 0 bridgehead atoms. The number of rotatable bonds is 5. The Balaban J connectivity index is 2.09. The Morgan fingerprint density at radius 1 is 1.24 bits per heavy atom. The lowest BCUT2D eigenvalue weighted by atomic mass is 10.1. The fraction of sp³-hybridized carbons (Fsp3) is 0.250. The lowest BCUT2D eigenvalue weighted by molar-refractivity contribution is 0.0696. The maximum absolute atomic E-state index is 11.3. The maximum atomic E-state index is 11.3. The molecule has 21 heavy (non-hydrogen) atoms. The van der Waals surface area contributed by atoms with Crippen LogP contribution in [0.3, 0.4) is 0 Å². The highest BCUT2D eigenvalue weighted by atomic mass is 16.4. The zero-order valence-corrected chi connectivity index (χ0v) is 12.1. The zero-order chi connectivity index (χ0) is 15.4. The Labute approximate surface area is 123 Å². The van der Waals surface area contributed by atoms with Gasteiger partial charge >= 0.3 is 5.97 Å². The van der Waals surface area contributed by atoms with Gasteiger partial charge in [-0.25, -0.2) is 4.79 Å². The van der Waals surface area contributed by atoms with Crippen LogP contribution in [0, 0.1) is 13.8 Å². The van der Waals surface area contributed by atoms with E-state index in [0.29, 0.717) is 17.9 Å². The second kappa shape index (κ2) is 6.26. The number of nitrogens with one attached hydrogen (secondary N) is 1. The first-order valence-corrected chi connectivity index (χ1v) is 6.70. The number of aryl methyl sites for hydroxylation is 2. The molecule has 0 aliphatic carbocycles. The maximum Gasteiger partial charge on any atom is 0.339 e. The molecule has 0 atom stereocenters. The van der Waals surface area contributed by atoms with Gasteiger partial charge in [0.25, 0.3) is 0 Å². The molecule has 5 nitrogen and oxygen atoms in total. The molecule has 0 radical (unpaired) electrons. The Hall–Kier alpha value is -2.56. The molecule has 1 aromatic carbocycles. The molecule has 0 fully saturated rings. The number of aromatic hydroxyl groups is 1. The van der Waals surface area contributed by atoms with E-state index in [-0.39, 0.29) is 11.3 Å². The van der Waals surface area contributed by atoms with Crippen molar-refractivity contribution in [2.75, 3.05) is 11.9 Å². The van der Waals surface area contributed by atoms with Crippen molar-refractivity contribution in [3.63, 3.8) is 0 Å². The molecule has 0 unspecified atom stereocenters. The summed E-state index contributed by atoms with van der Waals surface area (Å²) in [6, 6.07) is 8.71. The number of aromatic nitrogens is 1. The number of carbonyl (C=O) groups is 1. The van der Waals surface area contributed by atoms with Crippen molar-refractivity contribution >= 4 is 11.7 Å². The number of hydrogen-bond acceptors (Lipinski definition) is 4. The minimum Gasteiger partial charge on any atom is -0.508 e. The van der Waals surface area contributed by atoms with Gasteiger partial charge in [0, 0.05) is 12.2 Å². The van der Waals surface area contributed by atoms with Crippen molar-refractivity contribution in [2.45, 2.75) is 20.3 Å². The Bertz CT molecular complexity index is 651. The molecule has 0 amide bonds. The third-order valence-electron chi connectivity index (χ3n) is 3.21. The quantitative estimate of drug-likeness (QED) is 0.787. The van der Waals surface area contributed by atoms with Gasteiger partial charge in [-0.05, 0) is 44.0 Å². The molecule has 0 spiro atoms. The average molecular weight is 286 g/mol. The number of nitrogens with zero attached hydrogens (tertiary/aromatic N) is 1. The summed E-state index contributed by atoms with van der Waals surface area (Å²) in [5.41, 5.74) is 3.16. The van der Waals surface area contributed by atoms with Gasteiger partial charge in [0.1, 0.15) is 11.3 Å². The molecule has 0 aliphatic heterocycles. The minimum atomic E-state index is -0.980. The highest BCUT2D eigenvalue weighted by Crippen LogP contribution is 2.20. The fourth-order valence-electron chi connectivity index (χ4n) is 2.24. The van der Waals surface area contributed by atoms with Gasteiger partial charge in [-0.3, -0.25) is 4.98 Å². The van der Waals surface area contributed by atoms with Crippen molar-refractivity contribution in [2.24, 2.45) is 0 Å². The molecule has 5 heteroatoms. The lowest BCUT2D eigenvalue weighted by Gasteiger charge is -2.12. The third-order valence-corrected chi connectivity index (χ3v) is 3.21. The summed E-state index contributed by atoms with van der Waals surface area (Å²) in [7, 11) is 0. The van der Waals surface area contributed by atoms with Gasteiger partial charge in [-0.1, -0.05) is 12.1 Å². The molecule has 1 heterocycles. The Kier molecular flexibility index (Phi) is 4.42. The van der Waals surface area contributed by atoms with Gasteiger partial charge in [-0.15, -0.1) is 0 Å². The molecular formula is C16H18N2O3. The lowest BCUT2D eigenvalue weighted by Crippen LogP contribution is -2.12. The molecular weight excluding hydrogens is 268 g/mol. The molecule has 3 N–H and O–H groups in total. The SMILES string of the molecule is Cc1cc(NCCc2ccc(O)cc2)c(C(=O)O)c(C)n1.